The Morgan fingerprint density at radius 3 is 3.06 bits per heavy atom. The molecule has 2 heterocycles. The number of nitrogens with zero attached hydrogens (tertiary/aromatic N) is 2. The van der Waals surface area contributed by atoms with Crippen molar-refractivity contribution in [2.24, 2.45) is 10.4 Å². The highest BCUT2D eigenvalue weighted by Gasteiger charge is 2.42. The van der Waals surface area contributed by atoms with Crippen LogP contribution in [0.1, 0.15) is 19.8 Å². The average Bonchev–Trinajstić information content (AvgIpc) is 3.00. The van der Waals surface area contributed by atoms with Gasteiger partial charge in [0.15, 0.2) is 5.96 Å². The van der Waals surface area contributed by atoms with E-state index in [1.165, 1.54) is 12.8 Å². The van der Waals surface area contributed by atoms with E-state index < -0.39 is 0 Å². The van der Waals surface area contributed by atoms with Crippen LogP contribution in [-0.4, -0.2) is 64.0 Å². The van der Waals surface area contributed by atoms with Gasteiger partial charge in [-0.1, -0.05) is 0 Å². The van der Waals surface area contributed by atoms with Gasteiger partial charge in [0.2, 0.25) is 0 Å². The van der Waals surface area contributed by atoms with Crippen molar-refractivity contribution in [2.75, 3.05) is 53.1 Å². The fraction of sp³-hybridized carbons (Fsp3) is 0.923. The lowest BCUT2D eigenvalue weighted by Crippen LogP contribution is -2.41. The maximum atomic E-state index is 5.56. The summed E-state index contributed by atoms with van der Waals surface area (Å²) in [5, 5.41) is 3.37. The molecule has 0 saturated carbocycles. The Bertz CT molecular complexity index is 288. The fourth-order valence-corrected chi connectivity index (χ4v) is 2.76. The molecule has 0 aromatic heterocycles. The number of rotatable bonds is 4. The molecule has 1 atom stereocenters. The SMILES string of the molecule is CCNC(=NCCOC)N1CCC2(CCOC2)C1. The van der Waals surface area contributed by atoms with Gasteiger partial charge in [0.1, 0.15) is 0 Å². The summed E-state index contributed by atoms with van der Waals surface area (Å²) < 4.78 is 10.6. The van der Waals surface area contributed by atoms with Crippen LogP contribution in [0.3, 0.4) is 0 Å². The van der Waals surface area contributed by atoms with E-state index in [4.69, 9.17) is 9.47 Å². The molecule has 1 unspecified atom stereocenters. The summed E-state index contributed by atoms with van der Waals surface area (Å²) >= 11 is 0. The van der Waals surface area contributed by atoms with Crippen LogP contribution >= 0.6 is 0 Å². The lowest BCUT2D eigenvalue weighted by Gasteiger charge is -2.24. The summed E-state index contributed by atoms with van der Waals surface area (Å²) in [6.45, 7) is 8.41. The molecule has 5 nitrogen and oxygen atoms in total. The molecule has 0 aliphatic carbocycles. The third kappa shape index (κ3) is 3.14. The smallest absolute Gasteiger partial charge is 0.194 e. The van der Waals surface area contributed by atoms with Gasteiger partial charge in [-0.05, 0) is 19.8 Å². The van der Waals surface area contributed by atoms with Crippen molar-refractivity contribution in [1.82, 2.24) is 10.2 Å². The van der Waals surface area contributed by atoms with Gasteiger partial charge in [0.05, 0.1) is 19.8 Å². The van der Waals surface area contributed by atoms with Crippen molar-refractivity contribution in [3.05, 3.63) is 0 Å². The van der Waals surface area contributed by atoms with Crippen LogP contribution in [0, 0.1) is 5.41 Å². The van der Waals surface area contributed by atoms with Crippen molar-refractivity contribution in [3.8, 4) is 0 Å². The van der Waals surface area contributed by atoms with Crippen LogP contribution < -0.4 is 5.32 Å². The fourth-order valence-electron chi connectivity index (χ4n) is 2.76. The first kappa shape index (κ1) is 13.6. The number of hydrogen-bond donors (Lipinski definition) is 1. The number of guanidine groups is 1. The molecular formula is C13H25N3O2. The van der Waals surface area contributed by atoms with Crippen LogP contribution in [0.4, 0.5) is 0 Å². The summed E-state index contributed by atoms with van der Waals surface area (Å²) in [5.74, 6) is 1.03. The topological polar surface area (TPSA) is 46.1 Å². The second-order valence-corrected chi connectivity index (χ2v) is 5.20. The maximum absolute atomic E-state index is 5.56. The molecule has 2 fully saturated rings. The van der Waals surface area contributed by atoms with E-state index in [9.17, 15) is 0 Å². The minimum absolute atomic E-state index is 0.386. The predicted octanol–water partition coefficient (Wildman–Crippen LogP) is 0.711. The van der Waals surface area contributed by atoms with Crippen LogP contribution in [0.25, 0.3) is 0 Å². The Balaban J connectivity index is 1.92. The van der Waals surface area contributed by atoms with E-state index in [2.05, 4.69) is 22.1 Å². The highest BCUT2D eigenvalue weighted by Crippen LogP contribution is 2.38. The Labute approximate surface area is 110 Å². The van der Waals surface area contributed by atoms with E-state index in [0.29, 0.717) is 12.0 Å². The molecule has 0 amide bonds. The lowest BCUT2D eigenvalue weighted by molar-refractivity contribution is 0.156. The maximum Gasteiger partial charge on any atom is 0.194 e. The molecule has 0 aromatic carbocycles. The van der Waals surface area contributed by atoms with Crippen LogP contribution in [-0.2, 0) is 9.47 Å². The van der Waals surface area contributed by atoms with Gasteiger partial charge in [-0.25, -0.2) is 0 Å². The highest BCUT2D eigenvalue weighted by molar-refractivity contribution is 5.80. The minimum atomic E-state index is 0.386. The monoisotopic (exact) mass is 255 g/mol. The number of likely N-dealkylation sites (tertiary alicyclic amines) is 1. The second kappa shape index (κ2) is 6.38. The number of ether oxygens (including phenoxy) is 2. The molecule has 5 heteroatoms. The van der Waals surface area contributed by atoms with Crippen molar-refractivity contribution in [3.63, 3.8) is 0 Å². The summed E-state index contributed by atoms with van der Waals surface area (Å²) in [6, 6.07) is 0. The highest BCUT2D eigenvalue weighted by atomic mass is 16.5. The van der Waals surface area contributed by atoms with Gasteiger partial charge in [-0.2, -0.15) is 0 Å². The first-order valence-corrected chi connectivity index (χ1v) is 6.90. The second-order valence-electron chi connectivity index (χ2n) is 5.20. The molecule has 0 radical (unpaired) electrons. The normalized spacial score (nSPS) is 28.3. The zero-order valence-electron chi connectivity index (χ0n) is 11.6. The van der Waals surface area contributed by atoms with Gasteiger partial charge in [-0.3, -0.25) is 4.99 Å². The van der Waals surface area contributed by atoms with Gasteiger partial charge in [0.25, 0.3) is 0 Å². The molecule has 18 heavy (non-hydrogen) atoms. The summed E-state index contributed by atoms with van der Waals surface area (Å²) in [6.07, 6.45) is 2.42. The molecule has 2 aliphatic heterocycles. The molecule has 1 spiro atoms. The van der Waals surface area contributed by atoms with Gasteiger partial charge >= 0.3 is 0 Å². The Kier molecular flexibility index (Phi) is 4.83. The minimum Gasteiger partial charge on any atom is -0.383 e. The van der Waals surface area contributed by atoms with Crippen molar-refractivity contribution < 1.29 is 9.47 Å². The molecule has 1 N–H and O–H groups in total. The molecule has 0 bridgehead atoms. The third-order valence-corrected chi connectivity index (χ3v) is 3.81. The molecule has 104 valence electrons. The molecule has 2 saturated heterocycles. The predicted molar refractivity (Wildman–Crippen MR) is 71.9 cm³/mol. The Hall–Kier alpha value is -0.810. The Morgan fingerprint density at radius 2 is 2.39 bits per heavy atom. The molecular weight excluding hydrogens is 230 g/mol. The van der Waals surface area contributed by atoms with Gasteiger partial charge < -0.3 is 19.7 Å². The van der Waals surface area contributed by atoms with E-state index in [1.54, 1.807) is 7.11 Å². The summed E-state index contributed by atoms with van der Waals surface area (Å²) in [5.41, 5.74) is 0.386. The standard InChI is InChI=1S/C13H25N3O2/c1-3-14-12(15-6-9-17-2)16-7-4-13(10-16)5-8-18-11-13/h3-11H2,1-2H3,(H,14,15). The molecule has 2 rings (SSSR count). The zero-order chi connectivity index (χ0) is 12.8. The van der Waals surface area contributed by atoms with E-state index in [-0.39, 0.29) is 0 Å². The third-order valence-electron chi connectivity index (χ3n) is 3.81. The lowest BCUT2D eigenvalue weighted by atomic mass is 9.87. The number of hydrogen-bond acceptors (Lipinski definition) is 3. The van der Waals surface area contributed by atoms with Gasteiger partial charge in [0, 0.05) is 38.8 Å². The van der Waals surface area contributed by atoms with Crippen LogP contribution in [0.2, 0.25) is 0 Å². The number of nitrogens with one attached hydrogen (secondary N) is 1. The number of methoxy groups -OCH3 is 1. The van der Waals surface area contributed by atoms with Crippen LogP contribution in [0.5, 0.6) is 0 Å². The van der Waals surface area contributed by atoms with E-state index >= 15 is 0 Å². The van der Waals surface area contributed by atoms with Crippen molar-refractivity contribution >= 4 is 5.96 Å². The number of aliphatic imine (C=N–C) groups is 1. The van der Waals surface area contributed by atoms with Crippen molar-refractivity contribution in [2.45, 2.75) is 19.8 Å². The Morgan fingerprint density at radius 1 is 1.50 bits per heavy atom. The zero-order valence-corrected chi connectivity index (χ0v) is 11.6. The summed E-state index contributed by atoms with van der Waals surface area (Å²) in [7, 11) is 1.71. The first-order valence-electron chi connectivity index (χ1n) is 6.90. The van der Waals surface area contributed by atoms with Crippen molar-refractivity contribution in [1.29, 1.82) is 0 Å². The average molecular weight is 255 g/mol. The largest absolute Gasteiger partial charge is 0.383 e. The van der Waals surface area contributed by atoms with Gasteiger partial charge in [-0.15, -0.1) is 0 Å². The summed E-state index contributed by atoms with van der Waals surface area (Å²) in [4.78, 5) is 6.97. The molecule has 0 aromatic rings. The molecule has 2 aliphatic rings. The van der Waals surface area contributed by atoms with E-state index in [0.717, 1.165) is 45.4 Å². The van der Waals surface area contributed by atoms with E-state index in [1.807, 2.05) is 0 Å². The van der Waals surface area contributed by atoms with Crippen LogP contribution in [0.15, 0.2) is 4.99 Å². The first-order chi connectivity index (χ1) is 8.79. The quantitative estimate of drug-likeness (QED) is 0.456.